The lowest BCUT2D eigenvalue weighted by Crippen LogP contribution is -2.58. The molecule has 0 saturated carbocycles. The number of fused-ring (bicyclic) bond motifs is 1. The number of hydrogen-bond acceptors (Lipinski definition) is 4. The molecule has 0 spiro atoms. The van der Waals surface area contributed by atoms with Crippen molar-refractivity contribution in [2.45, 2.75) is 25.4 Å². The second kappa shape index (κ2) is 8.19. The van der Waals surface area contributed by atoms with Gasteiger partial charge in [0.05, 0.1) is 5.69 Å². The molecule has 1 aliphatic heterocycles. The molecule has 0 amide bonds. The van der Waals surface area contributed by atoms with Crippen LogP contribution in [0.25, 0.3) is 0 Å². The fourth-order valence-electron chi connectivity index (χ4n) is 5.16. The molecule has 1 atom stereocenters. The van der Waals surface area contributed by atoms with Crippen LogP contribution in [-0.2, 0) is 18.5 Å². The summed E-state index contributed by atoms with van der Waals surface area (Å²) in [5.41, 5.74) is 2.10. The van der Waals surface area contributed by atoms with E-state index in [2.05, 4.69) is 14.8 Å². The monoisotopic (exact) mass is 433 g/mol. The van der Waals surface area contributed by atoms with E-state index in [-0.39, 0.29) is 23.8 Å². The Morgan fingerprint density at radius 2 is 1.81 bits per heavy atom. The van der Waals surface area contributed by atoms with Crippen molar-refractivity contribution in [3.63, 3.8) is 0 Å². The normalized spacial score (nSPS) is 21.7. The number of rotatable bonds is 4. The molecule has 1 unspecified atom stereocenters. The lowest BCUT2D eigenvalue weighted by atomic mass is 9.82. The molecule has 1 fully saturated rings. The number of carbonyl (C=O) groups is 1. The Kier molecular flexibility index (Phi) is 5.35. The van der Waals surface area contributed by atoms with E-state index in [1.165, 1.54) is 18.2 Å². The minimum atomic E-state index is -1.09. The Bertz CT molecular complexity index is 1140. The number of carbonyl (C=O) groups excluding carboxylic acids is 1. The molecule has 0 N–H and O–H groups in total. The fraction of sp³-hybridized carbons (Fsp3) is 0.308. The van der Waals surface area contributed by atoms with E-state index in [1.807, 2.05) is 31.2 Å². The first-order valence-corrected chi connectivity index (χ1v) is 10.9. The Morgan fingerprint density at radius 1 is 1.00 bits per heavy atom. The summed E-state index contributed by atoms with van der Waals surface area (Å²) in [5.74, 6) is -0.896. The third kappa shape index (κ3) is 3.53. The molecule has 2 heterocycles. The largest absolute Gasteiger partial charge is 0.295 e. The molecule has 1 saturated heterocycles. The molecule has 32 heavy (non-hydrogen) atoms. The van der Waals surface area contributed by atoms with Gasteiger partial charge in [0, 0.05) is 56.5 Å². The molecule has 2 aliphatic rings. The average molecular weight is 434 g/mol. The van der Waals surface area contributed by atoms with Gasteiger partial charge in [-0.15, -0.1) is 0 Å². The highest BCUT2D eigenvalue weighted by Gasteiger charge is 2.52. The van der Waals surface area contributed by atoms with Crippen LogP contribution in [0.2, 0.25) is 0 Å². The van der Waals surface area contributed by atoms with Gasteiger partial charge in [-0.3, -0.25) is 19.6 Å². The van der Waals surface area contributed by atoms with Crippen LogP contribution in [0, 0.1) is 18.6 Å². The Balaban J connectivity index is 1.48. The van der Waals surface area contributed by atoms with Crippen molar-refractivity contribution < 1.29 is 13.6 Å². The van der Waals surface area contributed by atoms with Crippen molar-refractivity contribution in [1.82, 2.24) is 14.8 Å². The first kappa shape index (κ1) is 20.9. The smallest absolute Gasteiger partial charge is 0.188 e. The van der Waals surface area contributed by atoms with Gasteiger partial charge in [0.2, 0.25) is 0 Å². The SMILES string of the molecule is Cc1cc(F)cc(C2(N3CCN(Cc4ccccn4)CC3)Cc3c(F)cccc3C2=O)c1. The summed E-state index contributed by atoms with van der Waals surface area (Å²) in [6, 6.07) is 15.3. The number of nitrogens with zero attached hydrogens (tertiary/aromatic N) is 3. The highest BCUT2D eigenvalue weighted by molar-refractivity contribution is 6.08. The van der Waals surface area contributed by atoms with Gasteiger partial charge in [-0.25, -0.2) is 8.78 Å². The molecular weight excluding hydrogens is 408 g/mol. The number of hydrogen-bond donors (Lipinski definition) is 0. The van der Waals surface area contributed by atoms with Crippen molar-refractivity contribution in [3.8, 4) is 0 Å². The molecule has 0 bridgehead atoms. The van der Waals surface area contributed by atoms with Gasteiger partial charge in [-0.1, -0.05) is 24.3 Å². The Morgan fingerprint density at radius 3 is 2.50 bits per heavy atom. The van der Waals surface area contributed by atoms with E-state index in [4.69, 9.17) is 0 Å². The Labute approximate surface area is 186 Å². The van der Waals surface area contributed by atoms with E-state index in [9.17, 15) is 13.6 Å². The first-order chi connectivity index (χ1) is 15.5. The van der Waals surface area contributed by atoms with Crippen LogP contribution >= 0.6 is 0 Å². The van der Waals surface area contributed by atoms with Crippen molar-refractivity contribution >= 4 is 5.78 Å². The van der Waals surface area contributed by atoms with Crippen molar-refractivity contribution in [1.29, 1.82) is 0 Å². The molecule has 0 radical (unpaired) electrons. The van der Waals surface area contributed by atoms with Crippen LogP contribution < -0.4 is 0 Å². The highest BCUT2D eigenvalue weighted by atomic mass is 19.1. The number of piperazine rings is 1. The molecular formula is C26H25F2N3O. The molecule has 5 rings (SSSR count). The molecule has 164 valence electrons. The minimum Gasteiger partial charge on any atom is -0.295 e. The summed E-state index contributed by atoms with van der Waals surface area (Å²) in [7, 11) is 0. The number of aromatic nitrogens is 1. The fourth-order valence-corrected chi connectivity index (χ4v) is 5.16. The van der Waals surface area contributed by atoms with E-state index < -0.39 is 5.54 Å². The maximum Gasteiger partial charge on any atom is 0.188 e. The van der Waals surface area contributed by atoms with Gasteiger partial charge >= 0.3 is 0 Å². The number of benzene rings is 2. The number of Topliss-reactive ketones (excluding diaryl/α,β-unsaturated/α-hetero) is 1. The van der Waals surface area contributed by atoms with Gasteiger partial charge in [0.1, 0.15) is 17.2 Å². The first-order valence-electron chi connectivity index (χ1n) is 10.9. The van der Waals surface area contributed by atoms with Gasteiger partial charge in [0.25, 0.3) is 0 Å². The number of pyridine rings is 1. The average Bonchev–Trinajstić information content (AvgIpc) is 3.09. The van der Waals surface area contributed by atoms with E-state index >= 15 is 0 Å². The van der Waals surface area contributed by atoms with Gasteiger partial charge in [-0.05, 0) is 48.4 Å². The zero-order valence-corrected chi connectivity index (χ0v) is 18.0. The number of halogens is 2. The maximum absolute atomic E-state index is 14.7. The standard InChI is InChI=1S/C26H25F2N3O/c1-18-13-19(15-20(27)14-18)26(16-23-22(25(26)32)6-4-7-24(23)28)31-11-9-30(10-12-31)17-21-5-2-3-8-29-21/h2-8,13-15H,9-12,16-17H2,1H3. The quantitative estimate of drug-likeness (QED) is 0.620. The lowest BCUT2D eigenvalue weighted by molar-refractivity contribution is 0.0283. The molecule has 6 heteroatoms. The molecule has 4 nitrogen and oxygen atoms in total. The summed E-state index contributed by atoms with van der Waals surface area (Å²) in [6.45, 7) is 5.31. The third-order valence-corrected chi connectivity index (χ3v) is 6.72. The summed E-state index contributed by atoms with van der Waals surface area (Å²) in [4.78, 5) is 22.6. The van der Waals surface area contributed by atoms with Crippen molar-refractivity contribution in [3.05, 3.63) is 100 Å². The topological polar surface area (TPSA) is 36.4 Å². The maximum atomic E-state index is 14.7. The van der Waals surface area contributed by atoms with Gasteiger partial charge < -0.3 is 0 Å². The Hall–Kier alpha value is -2.96. The molecule has 1 aliphatic carbocycles. The van der Waals surface area contributed by atoms with E-state index in [0.29, 0.717) is 29.8 Å². The van der Waals surface area contributed by atoms with Crippen molar-refractivity contribution in [2.75, 3.05) is 26.2 Å². The van der Waals surface area contributed by atoms with E-state index in [0.717, 1.165) is 30.9 Å². The van der Waals surface area contributed by atoms with Crippen LogP contribution in [0.5, 0.6) is 0 Å². The predicted molar refractivity (Wildman–Crippen MR) is 118 cm³/mol. The van der Waals surface area contributed by atoms with Crippen LogP contribution in [0.1, 0.15) is 32.7 Å². The zero-order valence-electron chi connectivity index (χ0n) is 18.0. The van der Waals surface area contributed by atoms with Crippen LogP contribution in [0.4, 0.5) is 8.78 Å². The van der Waals surface area contributed by atoms with Crippen molar-refractivity contribution in [2.24, 2.45) is 0 Å². The number of aryl methyl sites for hydroxylation is 1. The van der Waals surface area contributed by atoms with Crippen LogP contribution in [-0.4, -0.2) is 46.7 Å². The van der Waals surface area contributed by atoms with Crippen LogP contribution in [0.3, 0.4) is 0 Å². The summed E-state index contributed by atoms with van der Waals surface area (Å²) in [6.07, 6.45) is 2.01. The minimum absolute atomic E-state index is 0.143. The van der Waals surface area contributed by atoms with Gasteiger partial charge in [-0.2, -0.15) is 0 Å². The zero-order chi connectivity index (χ0) is 22.3. The highest BCUT2D eigenvalue weighted by Crippen LogP contribution is 2.44. The summed E-state index contributed by atoms with van der Waals surface area (Å²) < 4.78 is 29.1. The summed E-state index contributed by atoms with van der Waals surface area (Å²) >= 11 is 0. The predicted octanol–water partition coefficient (Wildman–Crippen LogP) is 4.12. The van der Waals surface area contributed by atoms with Gasteiger partial charge in [0.15, 0.2) is 5.78 Å². The second-order valence-corrected chi connectivity index (χ2v) is 8.73. The summed E-state index contributed by atoms with van der Waals surface area (Å²) in [5, 5.41) is 0. The second-order valence-electron chi connectivity index (χ2n) is 8.73. The molecule has 2 aromatic carbocycles. The number of ketones is 1. The molecule has 3 aromatic rings. The molecule has 1 aromatic heterocycles. The lowest BCUT2D eigenvalue weighted by Gasteiger charge is -2.45. The third-order valence-electron chi connectivity index (χ3n) is 6.72. The van der Waals surface area contributed by atoms with E-state index in [1.54, 1.807) is 18.3 Å². The van der Waals surface area contributed by atoms with Crippen LogP contribution in [0.15, 0.2) is 60.8 Å².